The highest BCUT2D eigenvalue weighted by Crippen LogP contribution is 2.14. The standard InChI is InChI=1S/C21H29N3O5/c1-5-28-18(25)11-8-16-6-9-17(10-7-16)22-19(26)23-12-14-24(15-13-23)20(27)29-21(2,3)4/h6-11H,5,12-15H2,1-4H3,(H,22,26). The molecule has 158 valence electrons. The summed E-state index contributed by atoms with van der Waals surface area (Å²) in [5, 5.41) is 2.84. The van der Waals surface area contributed by atoms with Gasteiger partial charge in [-0.1, -0.05) is 12.1 Å². The predicted octanol–water partition coefficient (Wildman–Crippen LogP) is 3.35. The largest absolute Gasteiger partial charge is 0.463 e. The number of hydrogen-bond acceptors (Lipinski definition) is 5. The van der Waals surface area contributed by atoms with Crippen molar-refractivity contribution in [1.29, 1.82) is 0 Å². The van der Waals surface area contributed by atoms with Crippen LogP contribution in [0.3, 0.4) is 0 Å². The molecule has 2 rings (SSSR count). The van der Waals surface area contributed by atoms with Crippen LogP contribution in [0.2, 0.25) is 0 Å². The lowest BCUT2D eigenvalue weighted by atomic mass is 10.2. The van der Waals surface area contributed by atoms with Crippen LogP contribution < -0.4 is 5.32 Å². The average molecular weight is 403 g/mol. The fraction of sp³-hybridized carbons (Fsp3) is 0.476. The number of anilines is 1. The first-order valence-electron chi connectivity index (χ1n) is 9.66. The van der Waals surface area contributed by atoms with Gasteiger partial charge in [-0.05, 0) is 51.5 Å². The molecule has 8 heteroatoms. The van der Waals surface area contributed by atoms with Gasteiger partial charge >= 0.3 is 18.1 Å². The van der Waals surface area contributed by atoms with Gasteiger partial charge in [0.05, 0.1) is 6.61 Å². The molecule has 0 aromatic heterocycles. The van der Waals surface area contributed by atoms with Crippen LogP contribution in [0.4, 0.5) is 15.3 Å². The van der Waals surface area contributed by atoms with Gasteiger partial charge < -0.3 is 24.6 Å². The van der Waals surface area contributed by atoms with Crippen LogP contribution in [-0.2, 0) is 14.3 Å². The number of benzene rings is 1. The van der Waals surface area contributed by atoms with E-state index >= 15 is 0 Å². The molecule has 0 bridgehead atoms. The van der Waals surface area contributed by atoms with E-state index in [1.165, 1.54) is 6.08 Å². The van der Waals surface area contributed by atoms with E-state index in [2.05, 4.69) is 5.32 Å². The Morgan fingerprint density at radius 1 is 1.03 bits per heavy atom. The second kappa shape index (κ2) is 9.95. The zero-order valence-corrected chi connectivity index (χ0v) is 17.4. The highest BCUT2D eigenvalue weighted by atomic mass is 16.6. The number of urea groups is 1. The van der Waals surface area contributed by atoms with Crippen molar-refractivity contribution in [3.05, 3.63) is 35.9 Å². The molecule has 1 aliphatic rings. The molecular weight excluding hydrogens is 374 g/mol. The Bertz CT molecular complexity index is 745. The van der Waals surface area contributed by atoms with Gasteiger partial charge in [0.2, 0.25) is 0 Å². The smallest absolute Gasteiger partial charge is 0.410 e. The van der Waals surface area contributed by atoms with Gasteiger partial charge in [0.1, 0.15) is 5.60 Å². The van der Waals surface area contributed by atoms with Crippen LogP contribution in [0.25, 0.3) is 6.08 Å². The number of amides is 3. The van der Waals surface area contributed by atoms with Crippen molar-refractivity contribution in [3.63, 3.8) is 0 Å². The lowest BCUT2D eigenvalue weighted by molar-refractivity contribution is -0.137. The van der Waals surface area contributed by atoms with E-state index < -0.39 is 11.6 Å². The van der Waals surface area contributed by atoms with Crippen molar-refractivity contribution < 1.29 is 23.9 Å². The molecule has 0 atom stereocenters. The fourth-order valence-electron chi connectivity index (χ4n) is 2.65. The number of rotatable bonds is 4. The Balaban J connectivity index is 1.82. The number of nitrogens with one attached hydrogen (secondary N) is 1. The third-order valence-electron chi connectivity index (χ3n) is 4.08. The van der Waals surface area contributed by atoms with E-state index in [1.54, 1.807) is 47.1 Å². The van der Waals surface area contributed by atoms with Gasteiger partial charge in [-0.3, -0.25) is 0 Å². The number of ether oxygens (including phenoxy) is 2. The van der Waals surface area contributed by atoms with Crippen molar-refractivity contribution in [2.45, 2.75) is 33.3 Å². The SMILES string of the molecule is CCOC(=O)C=Cc1ccc(NC(=O)N2CCN(C(=O)OC(C)(C)C)CC2)cc1. The molecule has 0 unspecified atom stereocenters. The second-order valence-corrected chi connectivity index (χ2v) is 7.59. The zero-order valence-electron chi connectivity index (χ0n) is 17.4. The Labute approximate surface area is 171 Å². The fourth-order valence-corrected chi connectivity index (χ4v) is 2.65. The summed E-state index contributed by atoms with van der Waals surface area (Å²) in [6.45, 7) is 9.29. The van der Waals surface area contributed by atoms with Gasteiger partial charge in [-0.2, -0.15) is 0 Å². The van der Waals surface area contributed by atoms with Gasteiger partial charge in [-0.25, -0.2) is 14.4 Å². The zero-order chi connectivity index (χ0) is 21.4. The minimum atomic E-state index is -0.538. The lowest BCUT2D eigenvalue weighted by Crippen LogP contribution is -2.52. The lowest BCUT2D eigenvalue weighted by Gasteiger charge is -2.35. The van der Waals surface area contributed by atoms with Crippen LogP contribution in [0.15, 0.2) is 30.3 Å². The number of hydrogen-bond donors (Lipinski definition) is 1. The highest BCUT2D eigenvalue weighted by molar-refractivity contribution is 5.90. The van der Waals surface area contributed by atoms with E-state index in [4.69, 9.17) is 9.47 Å². The van der Waals surface area contributed by atoms with E-state index in [1.807, 2.05) is 20.8 Å². The quantitative estimate of drug-likeness (QED) is 0.615. The van der Waals surface area contributed by atoms with Crippen molar-refractivity contribution in [2.75, 3.05) is 38.1 Å². The van der Waals surface area contributed by atoms with Crippen molar-refractivity contribution in [2.24, 2.45) is 0 Å². The van der Waals surface area contributed by atoms with E-state index in [9.17, 15) is 14.4 Å². The average Bonchev–Trinajstić information content (AvgIpc) is 2.66. The Kier molecular flexibility index (Phi) is 7.64. The summed E-state index contributed by atoms with van der Waals surface area (Å²) in [6, 6.07) is 6.90. The number of carbonyl (C=O) groups is 3. The maximum atomic E-state index is 12.4. The van der Waals surface area contributed by atoms with Crippen LogP contribution in [0.5, 0.6) is 0 Å². The molecule has 29 heavy (non-hydrogen) atoms. The third-order valence-corrected chi connectivity index (χ3v) is 4.08. The molecule has 0 saturated carbocycles. The molecular formula is C21H29N3O5. The first kappa shape index (κ1) is 22.3. The molecule has 1 heterocycles. The van der Waals surface area contributed by atoms with Crippen LogP contribution in [0.1, 0.15) is 33.3 Å². The summed E-state index contributed by atoms with van der Waals surface area (Å²) in [4.78, 5) is 39.2. The summed E-state index contributed by atoms with van der Waals surface area (Å²) in [6.07, 6.45) is 2.66. The predicted molar refractivity (Wildman–Crippen MR) is 111 cm³/mol. The molecule has 1 N–H and O–H groups in total. The maximum absolute atomic E-state index is 12.4. The van der Waals surface area contributed by atoms with Crippen molar-refractivity contribution >= 4 is 29.9 Å². The number of esters is 1. The summed E-state index contributed by atoms with van der Waals surface area (Å²) in [7, 11) is 0. The van der Waals surface area contributed by atoms with Crippen LogP contribution in [-0.4, -0.2) is 66.3 Å². The third kappa shape index (κ3) is 7.48. The first-order chi connectivity index (χ1) is 13.7. The molecule has 8 nitrogen and oxygen atoms in total. The van der Waals surface area contributed by atoms with Crippen LogP contribution >= 0.6 is 0 Å². The normalized spacial score (nSPS) is 14.6. The van der Waals surface area contributed by atoms with Gasteiger partial charge in [-0.15, -0.1) is 0 Å². The monoisotopic (exact) mass is 403 g/mol. The summed E-state index contributed by atoms with van der Waals surface area (Å²) >= 11 is 0. The summed E-state index contributed by atoms with van der Waals surface area (Å²) in [5.41, 5.74) is 0.934. The van der Waals surface area contributed by atoms with E-state index in [0.717, 1.165) is 5.56 Å². The Hall–Kier alpha value is -3.03. The summed E-state index contributed by atoms with van der Waals surface area (Å²) < 4.78 is 10.2. The topological polar surface area (TPSA) is 88.2 Å². The molecule has 0 radical (unpaired) electrons. The number of carbonyl (C=O) groups excluding carboxylic acids is 3. The first-order valence-corrected chi connectivity index (χ1v) is 9.66. The van der Waals surface area contributed by atoms with Crippen molar-refractivity contribution in [3.8, 4) is 0 Å². The van der Waals surface area contributed by atoms with Gasteiger partial charge in [0.25, 0.3) is 0 Å². The molecule has 3 amide bonds. The maximum Gasteiger partial charge on any atom is 0.410 e. The van der Waals surface area contributed by atoms with Crippen LogP contribution in [0, 0.1) is 0 Å². The Morgan fingerprint density at radius 2 is 1.62 bits per heavy atom. The number of piperazine rings is 1. The van der Waals surface area contributed by atoms with E-state index in [0.29, 0.717) is 38.5 Å². The molecule has 1 aromatic rings. The van der Waals surface area contributed by atoms with Gasteiger partial charge in [0, 0.05) is 37.9 Å². The molecule has 1 aromatic carbocycles. The molecule has 1 aliphatic heterocycles. The minimum Gasteiger partial charge on any atom is -0.463 e. The van der Waals surface area contributed by atoms with Gasteiger partial charge in [0.15, 0.2) is 0 Å². The number of nitrogens with zero attached hydrogens (tertiary/aromatic N) is 2. The minimum absolute atomic E-state index is 0.219. The van der Waals surface area contributed by atoms with E-state index in [-0.39, 0.29) is 12.1 Å². The highest BCUT2D eigenvalue weighted by Gasteiger charge is 2.27. The Morgan fingerprint density at radius 3 is 2.17 bits per heavy atom. The summed E-state index contributed by atoms with van der Waals surface area (Å²) in [5.74, 6) is -0.393. The molecule has 0 spiro atoms. The second-order valence-electron chi connectivity index (χ2n) is 7.59. The molecule has 1 saturated heterocycles. The van der Waals surface area contributed by atoms with Crippen molar-refractivity contribution in [1.82, 2.24) is 9.80 Å². The molecule has 0 aliphatic carbocycles. The molecule has 1 fully saturated rings.